The Kier molecular flexibility index (Phi) is 6.86. The molecule has 0 saturated carbocycles. The predicted molar refractivity (Wildman–Crippen MR) is 76.8 cm³/mol. The zero-order chi connectivity index (χ0) is 12.6. The summed E-state index contributed by atoms with van der Waals surface area (Å²) in [4.78, 5) is 0. The molecule has 0 atom stereocenters. The van der Waals surface area contributed by atoms with Crippen LogP contribution in [0.25, 0.3) is 0 Å². The van der Waals surface area contributed by atoms with E-state index in [1.165, 1.54) is 0 Å². The molecule has 2 rings (SSSR count). The van der Waals surface area contributed by atoms with Crippen LogP contribution in [0.3, 0.4) is 0 Å². The minimum absolute atomic E-state index is 0. The van der Waals surface area contributed by atoms with E-state index in [1.807, 2.05) is 60.7 Å². The van der Waals surface area contributed by atoms with Gasteiger partial charge < -0.3 is 0 Å². The molecule has 0 aliphatic rings. The fourth-order valence-corrected chi connectivity index (χ4v) is 1.36. The predicted octanol–water partition coefficient (Wildman–Crippen LogP) is 3.67. The minimum Gasteiger partial charge on any atom is -0.299 e. The van der Waals surface area contributed by atoms with Gasteiger partial charge in [-0.15, -0.1) is 10.2 Å². The van der Waals surface area contributed by atoms with Gasteiger partial charge in [-0.3, -0.25) is 10.9 Å². The summed E-state index contributed by atoms with van der Waals surface area (Å²) < 4.78 is 0. The van der Waals surface area contributed by atoms with E-state index in [0.717, 1.165) is 11.4 Å². The number of rotatable bonds is 3. The second-order valence-electron chi connectivity index (χ2n) is 3.46. The molecule has 0 aliphatic heterocycles. The molecule has 0 heterocycles. The van der Waals surface area contributed by atoms with Crippen LogP contribution < -0.4 is 10.9 Å². The smallest absolute Gasteiger partial charge is 0.299 e. The van der Waals surface area contributed by atoms with Gasteiger partial charge in [0.1, 0.15) is 0 Å². The van der Waals surface area contributed by atoms with Gasteiger partial charge in [-0.2, -0.15) is 0 Å². The summed E-state index contributed by atoms with van der Waals surface area (Å²) in [7, 11) is 0. The number of hydrogen-bond donors (Lipinski definition) is 2. The van der Waals surface area contributed by atoms with E-state index >= 15 is 0 Å². The third kappa shape index (κ3) is 5.68. The van der Waals surface area contributed by atoms with Crippen LogP contribution in [0, 0.1) is 0 Å². The number of anilines is 1. The van der Waals surface area contributed by atoms with Crippen LogP contribution in [0.15, 0.2) is 70.9 Å². The van der Waals surface area contributed by atoms with Crippen LogP contribution in [0.4, 0.5) is 11.4 Å². The van der Waals surface area contributed by atoms with Crippen LogP contribution in [0.1, 0.15) is 0 Å². The molecule has 0 aliphatic carbocycles. The Morgan fingerprint density at radius 2 is 1.47 bits per heavy atom. The van der Waals surface area contributed by atoms with Crippen molar-refractivity contribution in [1.82, 2.24) is 5.43 Å². The van der Waals surface area contributed by atoms with Crippen molar-refractivity contribution >= 4 is 28.7 Å². The number of para-hydroxylation sites is 1. The second kappa shape index (κ2) is 8.45. The van der Waals surface area contributed by atoms with Gasteiger partial charge >= 0.3 is 19.5 Å². The standard InChI is InChI=1S/C13H12N4S.Zn/c18-13(16-14-11-7-3-1-4-8-11)17-15-12-9-5-2-6-10-12;/h1-10,14H,(H,16,18);/q;+2. The first-order valence-corrected chi connectivity index (χ1v) is 5.83. The average Bonchev–Trinajstić information content (AvgIpc) is 2.45. The van der Waals surface area contributed by atoms with Crippen LogP contribution in [-0.4, -0.2) is 5.11 Å². The number of nitrogens with zero attached hydrogens (tertiary/aromatic N) is 2. The molecule has 0 unspecified atom stereocenters. The van der Waals surface area contributed by atoms with Gasteiger partial charge in [0.2, 0.25) is 5.11 Å². The van der Waals surface area contributed by atoms with E-state index in [2.05, 4.69) is 21.1 Å². The number of hydrogen-bond acceptors (Lipinski definition) is 3. The van der Waals surface area contributed by atoms with Crippen LogP contribution in [0.5, 0.6) is 0 Å². The Morgan fingerprint density at radius 3 is 2.11 bits per heavy atom. The second-order valence-corrected chi connectivity index (χ2v) is 3.84. The Hall–Kier alpha value is -1.65. The van der Waals surface area contributed by atoms with Gasteiger partial charge in [0.05, 0.1) is 11.4 Å². The molecule has 90 valence electrons. The molecule has 6 heteroatoms. The van der Waals surface area contributed by atoms with Gasteiger partial charge in [-0.1, -0.05) is 36.4 Å². The molecule has 0 bridgehead atoms. The Balaban J connectivity index is 0.00000180. The quantitative estimate of drug-likeness (QED) is 0.392. The molecule has 0 radical (unpaired) electrons. The van der Waals surface area contributed by atoms with Crippen molar-refractivity contribution in [2.75, 3.05) is 5.43 Å². The number of hydrazine groups is 1. The third-order valence-corrected chi connectivity index (χ3v) is 2.28. The third-order valence-electron chi connectivity index (χ3n) is 2.10. The van der Waals surface area contributed by atoms with Gasteiger partial charge in [-0.05, 0) is 36.5 Å². The number of thiocarbonyl (C=S) groups is 1. The number of benzene rings is 2. The van der Waals surface area contributed by atoms with Crippen molar-refractivity contribution in [3.63, 3.8) is 0 Å². The van der Waals surface area contributed by atoms with E-state index in [0.29, 0.717) is 0 Å². The molecular formula is C13H12N4SZn+2. The molecule has 0 saturated heterocycles. The zero-order valence-corrected chi connectivity index (χ0v) is 14.1. The first-order valence-electron chi connectivity index (χ1n) is 5.42. The largest absolute Gasteiger partial charge is 2.00 e. The minimum atomic E-state index is 0. The molecule has 2 aromatic carbocycles. The maximum absolute atomic E-state index is 5.02. The summed E-state index contributed by atoms with van der Waals surface area (Å²) in [5.74, 6) is 0. The molecular weight excluding hydrogens is 310 g/mol. The maximum Gasteiger partial charge on any atom is 2.00 e. The van der Waals surface area contributed by atoms with Crippen LogP contribution in [-0.2, 0) is 19.5 Å². The Bertz CT molecular complexity index is 531. The molecule has 2 N–H and O–H groups in total. The molecule has 19 heavy (non-hydrogen) atoms. The van der Waals surface area contributed by atoms with E-state index < -0.39 is 0 Å². The fraction of sp³-hybridized carbons (Fsp3) is 0. The molecule has 0 fully saturated rings. The van der Waals surface area contributed by atoms with E-state index in [1.54, 1.807) is 0 Å². The molecule has 4 nitrogen and oxygen atoms in total. The molecule has 0 spiro atoms. The van der Waals surface area contributed by atoms with Gasteiger partial charge in [0, 0.05) is 0 Å². The number of azo groups is 1. The summed E-state index contributed by atoms with van der Waals surface area (Å²) in [5, 5.41) is 8.17. The van der Waals surface area contributed by atoms with Crippen molar-refractivity contribution in [3.05, 3.63) is 60.7 Å². The molecule has 0 amide bonds. The summed E-state index contributed by atoms with van der Waals surface area (Å²) >= 11 is 5.02. The van der Waals surface area contributed by atoms with Crippen molar-refractivity contribution in [2.45, 2.75) is 0 Å². The first kappa shape index (κ1) is 15.4. The van der Waals surface area contributed by atoms with Crippen LogP contribution in [0.2, 0.25) is 0 Å². The number of nitrogens with one attached hydrogen (secondary N) is 2. The van der Waals surface area contributed by atoms with Gasteiger partial charge in [0.25, 0.3) is 0 Å². The Morgan fingerprint density at radius 1 is 0.895 bits per heavy atom. The van der Waals surface area contributed by atoms with Crippen molar-refractivity contribution in [1.29, 1.82) is 0 Å². The van der Waals surface area contributed by atoms with Crippen molar-refractivity contribution < 1.29 is 19.5 Å². The topological polar surface area (TPSA) is 48.8 Å². The average molecular weight is 322 g/mol. The van der Waals surface area contributed by atoms with Gasteiger partial charge in [0.15, 0.2) is 0 Å². The van der Waals surface area contributed by atoms with E-state index in [9.17, 15) is 0 Å². The fourth-order valence-electron chi connectivity index (χ4n) is 1.27. The monoisotopic (exact) mass is 320 g/mol. The van der Waals surface area contributed by atoms with Gasteiger partial charge in [-0.25, -0.2) is 0 Å². The molecule has 0 aromatic heterocycles. The summed E-state index contributed by atoms with van der Waals surface area (Å²) in [5.41, 5.74) is 7.40. The van der Waals surface area contributed by atoms with Crippen molar-refractivity contribution in [3.8, 4) is 0 Å². The first-order chi connectivity index (χ1) is 8.84. The normalized spacial score (nSPS) is 9.68. The van der Waals surface area contributed by atoms with E-state index in [-0.39, 0.29) is 24.6 Å². The van der Waals surface area contributed by atoms with E-state index in [4.69, 9.17) is 12.2 Å². The van der Waals surface area contributed by atoms with Crippen LogP contribution >= 0.6 is 12.2 Å². The zero-order valence-electron chi connectivity index (χ0n) is 10.3. The molecule has 2 aromatic rings. The SMILES string of the molecule is S=C(N=Nc1ccccc1)NNc1ccccc1.[Zn+2]. The summed E-state index contributed by atoms with van der Waals surface area (Å²) in [6.45, 7) is 0. The Labute approximate surface area is 130 Å². The summed E-state index contributed by atoms with van der Waals surface area (Å²) in [6.07, 6.45) is 0. The van der Waals surface area contributed by atoms with Crippen molar-refractivity contribution in [2.24, 2.45) is 10.2 Å². The summed E-state index contributed by atoms with van der Waals surface area (Å²) in [6, 6.07) is 19.1. The maximum atomic E-state index is 5.02.